The third-order valence-corrected chi connectivity index (χ3v) is 6.45. The molecule has 2 aliphatic rings. The van der Waals surface area contributed by atoms with E-state index < -0.39 is 11.4 Å². The van der Waals surface area contributed by atoms with Crippen LogP contribution in [-0.2, 0) is 17.8 Å². The van der Waals surface area contributed by atoms with Crippen LogP contribution < -0.4 is 9.47 Å². The number of aliphatic carboxylic acids is 1. The number of carbonyl (C=O) groups is 1. The van der Waals surface area contributed by atoms with Gasteiger partial charge < -0.3 is 14.6 Å². The molecular weight excluding hydrogens is 352 g/mol. The predicted molar refractivity (Wildman–Crippen MR) is 98.1 cm³/mol. The third-order valence-electron chi connectivity index (χ3n) is 5.41. The zero-order chi connectivity index (χ0) is 18.3. The molecule has 138 valence electrons. The van der Waals surface area contributed by atoms with Gasteiger partial charge in [0.25, 0.3) is 0 Å². The summed E-state index contributed by atoms with van der Waals surface area (Å²) in [4.78, 5) is 19.0. The second-order valence-electron chi connectivity index (χ2n) is 6.96. The summed E-state index contributed by atoms with van der Waals surface area (Å²) < 4.78 is 11.1. The summed E-state index contributed by atoms with van der Waals surface area (Å²) in [6, 6.07) is 5.66. The number of thiazole rings is 1. The summed E-state index contributed by atoms with van der Waals surface area (Å²) in [5.74, 6) is 0.559. The first-order valence-corrected chi connectivity index (χ1v) is 9.63. The van der Waals surface area contributed by atoms with Gasteiger partial charge in [0, 0.05) is 42.6 Å². The van der Waals surface area contributed by atoms with E-state index in [1.165, 1.54) is 0 Å². The van der Waals surface area contributed by atoms with E-state index in [1.807, 2.05) is 18.2 Å². The van der Waals surface area contributed by atoms with Crippen molar-refractivity contribution in [3.05, 3.63) is 39.8 Å². The SMILES string of the molecule is CCc1nc(CN2CC3c4ccc(OC)cc4OCC3(C(=O)O)C2)cs1. The smallest absolute Gasteiger partial charge is 0.315 e. The van der Waals surface area contributed by atoms with E-state index in [0.29, 0.717) is 19.6 Å². The molecule has 0 spiro atoms. The Balaban J connectivity index is 1.63. The third kappa shape index (κ3) is 2.75. The van der Waals surface area contributed by atoms with E-state index in [-0.39, 0.29) is 12.5 Å². The van der Waals surface area contributed by atoms with Crippen molar-refractivity contribution in [1.29, 1.82) is 0 Å². The van der Waals surface area contributed by atoms with Crippen molar-refractivity contribution < 1.29 is 19.4 Å². The average molecular weight is 374 g/mol. The molecule has 0 amide bonds. The highest BCUT2D eigenvalue weighted by Gasteiger charge is 2.56. The Morgan fingerprint density at radius 2 is 2.38 bits per heavy atom. The molecule has 1 fully saturated rings. The molecule has 1 N–H and O–H groups in total. The Bertz CT molecular complexity index is 837. The van der Waals surface area contributed by atoms with Gasteiger partial charge >= 0.3 is 5.97 Å². The molecule has 3 heterocycles. The molecule has 7 heteroatoms. The van der Waals surface area contributed by atoms with Crippen LogP contribution in [0.3, 0.4) is 0 Å². The Labute approximate surface area is 156 Å². The summed E-state index contributed by atoms with van der Waals surface area (Å²) in [6.45, 7) is 4.11. The molecular formula is C19H22N2O4S. The molecule has 1 aromatic heterocycles. The predicted octanol–water partition coefficient (Wildman–Crippen LogP) is 2.78. The van der Waals surface area contributed by atoms with Gasteiger partial charge in [0.1, 0.15) is 23.5 Å². The number of benzene rings is 1. The number of ether oxygens (including phenoxy) is 2. The van der Waals surface area contributed by atoms with Crippen molar-refractivity contribution in [1.82, 2.24) is 9.88 Å². The lowest BCUT2D eigenvalue weighted by molar-refractivity contribution is -0.151. The van der Waals surface area contributed by atoms with E-state index in [9.17, 15) is 9.90 Å². The van der Waals surface area contributed by atoms with Crippen LogP contribution >= 0.6 is 11.3 Å². The summed E-state index contributed by atoms with van der Waals surface area (Å²) in [7, 11) is 1.61. The minimum absolute atomic E-state index is 0.0982. The number of fused-ring (bicyclic) bond motifs is 3. The largest absolute Gasteiger partial charge is 0.497 e. The van der Waals surface area contributed by atoms with E-state index in [1.54, 1.807) is 18.4 Å². The van der Waals surface area contributed by atoms with Gasteiger partial charge in [-0.05, 0) is 12.5 Å². The highest BCUT2D eigenvalue weighted by atomic mass is 32.1. The van der Waals surface area contributed by atoms with Crippen molar-refractivity contribution in [2.24, 2.45) is 5.41 Å². The van der Waals surface area contributed by atoms with Gasteiger partial charge in [-0.3, -0.25) is 9.69 Å². The topological polar surface area (TPSA) is 71.9 Å². The fourth-order valence-electron chi connectivity index (χ4n) is 4.02. The van der Waals surface area contributed by atoms with E-state index in [0.717, 1.165) is 34.2 Å². The van der Waals surface area contributed by atoms with Gasteiger partial charge in [0.05, 0.1) is 17.8 Å². The molecule has 1 aromatic carbocycles. The molecule has 1 saturated heterocycles. The van der Waals surface area contributed by atoms with Crippen molar-refractivity contribution in [2.75, 3.05) is 26.8 Å². The van der Waals surface area contributed by atoms with Crippen LogP contribution in [0.4, 0.5) is 0 Å². The molecule has 2 atom stereocenters. The van der Waals surface area contributed by atoms with Gasteiger partial charge in [-0.1, -0.05) is 13.0 Å². The van der Waals surface area contributed by atoms with Gasteiger partial charge in [-0.2, -0.15) is 0 Å². The monoisotopic (exact) mass is 374 g/mol. The second kappa shape index (κ2) is 6.55. The fraction of sp³-hybridized carbons (Fsp3) is 0.474. The zero-order valence-electron chi connectivity index (χ0n) is 14.9. The molecule has 4 rings (SSSR count). The molecule has 6 nitrogen and oxygen atoms in total. The first-order chi connectivity index (χ1) is 12.6. The Hall–Kier alpha value is -2.12. The summed E-state index contributed by atoms with van der Waals surface area (Å²) >= 11 is 1.66. The minimum Gasteiger partial charge on any atom is -0.497 e. The van der Waals surface area contributed by atoms with Crippen LogP contribution in [0.5, 0.6) is 11.5 Å². The number of hydrogen-bond acceptors (Lipinski definition) is 6. The lowest BCUT2D eigenvalue weighted by atomic mass is 9.73. The molecule has 26 heavy (non-hydrogen) atoms. The Morgan fingerprint density at radius 1 is 1.54 bits per heavy atom. The first-order valence-electron chi connectivity index (χ1n) is 8.75. The maximum atomic E-state index is 12.2. The summed E-state index contributed by atoms with van der Waals surface area (Å²) in [5, 5.41) is 13.2. The van der Waals surface area contributed by atoms with E-state index in [4.69, 9.17) is 9.47 Å². The number of aryl methyl sites for hydroxylation is 1. The van der Waals surface area contributed by atoms with Crippen molar-refractivity contribution >= 4 is 17.3 Å². The maximum absolute atomic E-state index is 12.2. The first kappa shape index (κ1) is 17.3. The van der Waals surface area contributed by atoms with Crippen LogP contribution in [0.15, 0.2) is 23.6 Å². The normalized spacial score (nSPS) is 24.6. The number of carboxylic acid groups (broad SMARTS) is 1. The number of aromatic nitrogens is 1. The number of carboxylic acids is 1. The molecule has 2 unspecified atom stereocenters. The standard InChI is InChI=1S/C19H22N2O4S/c1-3-17-20-12(9-26-17)7-21-8-15-14-5-4-13(24-2)6-16(14)25-11-19(15,10-21)18(22)23/h4-6,9,15H,3,7-8,10-11H2,1-2H3,(H,22,23). The quantitative estimate of drug-likeness (QED) is 0.868. The Morgan fingerprint density at radius 3 is 3.08 bits per heavy atom. The van der Waals surface area contributed by atoms with Crippen LogP contribution in [0, 0.1) is 5.41 Å². The highest BCUT2D eigenvalue weighted by Crippen LogP contribution is 2.50. The summed E-state index contributed by atoms with van der Waals surface area (Å²) in [5.41, 5.74) is 1.06. The minimum atomic E-state index is -0.912. The van der Waals surface area contributed by atoms with Crippen molar-refractivity contribution in [3.63, 3.8) is 0 Å². The van der Waals surface area contributed by atoms with Gasteiger partial charge in [0.2, 0.25) is 0 Å². The Kier molecular flexibility index (Phi) is 4.36. The zero-order valence-corrected chi connectivity index (χ0v) is 15.7. The van der Waals surface area contributed by atoms with Gasteiger partial charge in [0.15, 0.2) is 0 Å². The van der Waals surface area contributed by atoms with E-state index >= 15 is 0 Å². The lowest BCUT2D eigenvalue weighted by Crippen LogP contribution is -2.45. The molecule has 0 radical (unpaired) electrons. The molecule has 2 aromatic rings. The van der Waals surface area contributed by atoms with Crippen LogP contribution in [0.25, 0.3) is 0 Å². The molecule has 0 aliphatic carbocycles. The number of rotatable bonds is 5. The van der Waals surface area contributed by atoms with Crippen molar-refractivity contribution in [3.8, 4) is 11.5 Å². The molecule has 0 bridgehead atoms. The number of likely N-dealkylation sites (tertiary alicyclic amines) is 1. The maximum Gasteiger partial charge on any atom is 0.315 e. The van der Waals surface area contributed by atoms with Crippen LogP contribution in [0.1, 0.15) is 29.1 Å². The summed E-state index contributed by atoms with van der Waals surface area (Å²) in [6.07, 6.45) is 0.926. The molecule has 0 saturated carbocycles. The molecule has 2 aliphatic heterocycles. The fourth-order valence-corrected chi connectivity index (χ4v) is 4.76. The average Bonchev–Trinajstić information content (AvgIpc) is 3.26. The van der Waals surface area contributed by atoms with Gasteiger partial charge in [-0.15, -0.1) is 11.3 Å². The number of hydrogen-bond donors (Lipinski definition) is 1. The van der Waals surface area contributed by atoms with Gasteiger partial charge in [-0.25, -0.2) is 4.98 Å². The van der Waals surface area contributed by atoms with Crippen molar-refractivity contribution in [2.45, 2.75) is 25.8 Å². The number of nitrogens with zero attached hydrogens (tertiary/aromatic N) is 2. The number of methoxy groups -OCH3 is 1. The highest BCUT2D eigenvalue weighted by molar-refractivity contribution is 7.09. The van der Waals surface area contributed by atoms with Crippen LogP contribution in [-0.4, -0.2) is 47.8 Å². The second-order valence-corrected chi connectivity index (χ2v) is 7.90. The lowest BCUT2D eigenvalue weighted by Gasteiger charge is -2.36. The van der Waals surface area contributed by atoms with E-state index in [2.05, 4.69) is 22.2 Å². The van der Waals surface area contributed by atoms with Crippen LogP contribution in [0.2, 0.25) is 0 Å².